The summed E-state index contributed by atoms with van der Waals surface area (Å²) >= 11 is 1.72. The fraction of sp³-hybridized carbons (Fsp3) is 0.481. The molecule has 4 aromatic rings. The van der Waals surface area contributed by atoms with E-state index < -0.39 is 6.04 Å². The number of rotatable bonds is 9. The third kappa shape index (κ3) is 5.00. The van der Waals surface area contributed by atoms with Crippen LogP contribution in [0.1, 0.15) is 67.9 Å². The first-order chi connectivity index (χ1) is 17.4. The number of H-pyrrole nitrogens is 1. The SMILES string of the molecule is CCC(C)(C)n1nnnc1[C@H](c1cc2cc(C)ccc2[nH]c1=O)N(Cc1cccs1)C[C@@H]1CCCO1. The molecule has 1 N–H and O–H groups in total. The summed E-state index contributed by atoms with van der Waals surface area (Å²) in [5.74, 6) is 0.675. The molecule has 1 aliphatic heterocycles. The van der Waals surface area contributed by atoms with E-state index in [2.05, 4.69) is 76.7 Å². The number of thiophene rings is 1. The first-order valence-electron chi connectivity index (χ1n) is 12.7. The van der Waals surface area contributed by atoms with Gasteiger partial charge in [0.15, 0.2) is 5.82 Å². The predicted octanol–water partition coefficient (Wildman–Crippen LogP) is 4.80. The number of benzene rings is 1. The number of aromatic amines is 1. The Morgan fingerprint density at radius 2 is 2.17 bits per heavy atom. The van der Waals surface area contributed by atoms with Crippen molar-refractivity contribution in [1.29, 1.82) is 0 Å². The molecule has 1 aliphatic rings. The van der Waals surface area contributed by atoms with Crippen LogP contribution in [0.15, 0.2) is 46.6 Å². The molecule has 8 nitrogen and oxygen atoms in total. The highest BCUT2D eigenvalue weighted by atomic mass is 32.1. The van der Waals surface area contributed by atoms with Gasteiger partial charge in [0.1, 0.15) is 6.04 Å². The van der Waals surface area contributed by atoms with E-state index >= 15 is 0 Å². The van der Waals surface area contributed by atoms with Gasteiger partial charge in [-0.1, -0.05) is 24.6 Å². The standard InChI is InChI=1S/C27H34N6O2S/c1-5-27(3,4)33-25(29-30-31-33)24(22-15-19-14-18(2)10-11-23(19)28-26(22)34)32(16-20-8-6-12-35-20)17-21-9-7-13-36-21/h7,9-11,13-15,20,24H,5-6,8,12,16-17H2,1-4H3,(H,28,34)/t20-,24-/m0/s1. The molecule has 36 heavy (non-hydrogen) atoms. The summed E-state index contributed by atoms with van der Waals surface area (Å²) in [5, 5.41) is 16.1. The lowest BCUT2D eigenvalue weighted by atomic mass is 9.98. The molecule has 0 aliphatic carbocycles. The van der Waals surface area contributed by atoms with Crippen molar-refractivity contribution in [3.8, 4) is 0 Å². The van der Waals surface area contributed by atoms with E-state index in [-0.39, 0.29) is 17.2 Å². The van der Waals surface area contributed by atoms with Crippen molar-refractivity contribution in [2.24, 2.45) is 0 Å². The Morgan fingerprint density at radius 1 is 1.31 bits per heavy atom. The van der Waals surface area contributed by atoms with Gasteiger partial charge in [-0.3, -0.25) is 9.69 Å². The number of ether oxygens (including phenoxy) is 1. The molecule has 5 rings (SSSR count). The zero-order valence-corrected chi connectivity index (χ0v) is 22.2. The van der Waals surface area contributed by atoms with Crippen LogP contribution >= 0.6 is 11.3 Å². The van der Waals surface area contributed by atoms with Crippen molar-refractivity contribution in [2.45, 2.75) is 71.2 Å². The lowest BCUT2D eigenvalue weighted by Gasteiger charge is -2.34. The number of tetrazole rings is 1. The maximum Gasteiger partial charge on any atom is 0.253 e. The van der Waals surface area contributed by atoms with E-state index in [0.29, 0.717) is 24.5 Å². The van der Waals surface area contributed by atoms with Crippen molar-refractivity contribution in [3.05, 3.63) is 74.0 Å². The Balaban J connectivity index is 1.70. The highest BCUT2D eigenvalue weighted by Gasteiger charge is 2.36. The topological polar surface area (TPSA) is 88.9 Å². The van der Waals surface area contributed by atoms with Crippen LogP contribution in [0.4, 0.5) is 0 Å². The van der Waals surface area contributed by atoms with Crippen molar-refractivity contribution in [3.63, 3.8) is 0 Å². The summed E-state index contributed by atoms with van der Waals surface area (Å²) in [7, 11) is 0. The van der Waals surface area contributed by atoms with Crippen LogP contribution in [0.2, 0.25) is 0 Å². The molecule has 0 radical (unpaired) electrons. The number of hydrogen-bond acceptors (Lipinski definition) is 7. The van der Waals surface area contributed by atoms with Gasteiger partial charge in [-0.05, 0) is 85.5 Å². The van der Waals surface area contributed by atoms with E-state index in [1.54, 1.807) is 11.3 Å². The Kier molecular flexibility index (Phi) is 7.05. The first kappa shape index (κ1) is 24.8. The molecular formula is C27H34N6O2S. The minimum atomic E-state index is -0.439. The molecule has 0 amide bonds. The zero-order chi connectivity index (χ0) is 25.3. The van der Waals surface area contributed by atoms with Crippen molar-refractivity contribution in [2.75, 3.05) is 13.2 Å². The number of nitrogens with zero attached hydrogens (tertiary/aromatic N) is 5. The summed E-state index contributed by atoms with van der Waals surface area (Å²) in [6.07, 6.45) is 3.02. The van der Waals surface area contributed by atoms with Gasteiger partial charge >= 0.3 is 0 Å². The molecular weight excluding hydrogens is 472 g/mol. The van der Waals surface area contributed by atoms with E-state index in [1.807, 2.05) is 22.9 Å². The van der Waals surface area contributed by atoms with Crippen LogP contribution < -0.4 is 5.56 Å². The van der Waals surface area contributed by atoms with Gasteiger partial charge in [0.25, 0.3) is 5.56 Å². The third-order valence-electron chi connectivity index (χ3n) is 7.27. The third-order valence-corrected chi connectivity index (χ3v) is 8.13. The summed E-state index contributed by atoms with van der Waals surface area (Å²) in [6.45, 7) is 10.6. The lowest BCUT2D eigenvalue weighted by Crippen LogP contribution is -2.41. The molecule has 0 spiro atoms. The predicted molar refractivity (Wildman–Crippen MR) is 142 cm³/mol. The summed E-state index contributed by atoms with van der Waals surface area (Å²) in [5.41, 5.74) is 2.18. The molecule has 1 aromatic carbocycles. The Morgan fingerprint density at radius 3 is 2.89 bits per heavy atom. The van der Waals surface area contributed by atoms with Crippen molar-refractivity contribution >= 4 is 22.2 Å². The van der Waals surface area contributed by atoms with Crippen molar-refractivity contribution < 1.29 is 4.74 Å². The minimum Gasteiger partial charge on any atom is -0.377 e. The normalized spacial score (nSPS) is 17.3. The van der Waals surface area contributed by atoms with E-state index in [1.165, 1.54) is 4.88 Å². The molecule has 0 bridgehead atoms. The van der Waals surface area contributed by atoms with Gasteiger partial charge < -0.3 is 9.72 Å². The fourth-order valence-electron chi connectivity index (χ4n) is 4.90. The highest BCUT2D eigenvalue weighted by molar-refractivity contribution is 7.09. The maximum atomic E-state index is 13.6. The van der Waals surface area contributed by atoms with E-state index in [0.717, 1.165) is 42.3 Å². The Bertz CT molecular complexity index is 1370. The van der Waals surface area contributed by atoms with Crippen LogP contribution in [0.3, 0.4) is 0 Å². The molecule has 190 valence electrons. The van der Waals surface area contributed by atoms with Crippen molar-refractivity contribution in [1.82, 2.24) is 30.1 Å². The van der Waals surface area contributed by atoms with Gasteiger partial charge in [-0.15, -0.1) is 16.4 Å². The molecule has 2 atom stereocenters. The largest absolute Gasteiger partial charge is 0.377 e. The molecule has 0 unspecified atom stereocenters. The van der Waals surface area contributed by atoms with Gasteiger partial charge in [-0.25, -0.2) is 4.68 Å². The molecule has 0 saturated carbocycles. The number of hydrogen-bond donors (Lipinski definition) is 1. The van der Waals surface area contributed by atoms with Crippen LogP contribution in [0.5, 0.6) is 0 Å². The summed E-state index contributed by atoms with van der Waals surface area (Å²) in [6, 6.07) is 11.9. The van der Waals surface area contributed by atoms with Crippen LogP contribution in [0.25, 0.3) is 10.9 Å². The van der Waals surface area contributed by atoms with Crippen LogP contribution in [0, 0.1) is 6.92 Å². The monoisotopic (exact) mass is 506 g/mol. The summed E-state index contributed by atoms with van der Waals surface area (Å²) in [4.78, 5) is 20.3. The maximum absolute atomic E-state index is 13.6. The van der Waals surface area contributed by atoms with Crippen LogP contribution in [-0.2, 0) is 16.8 Å². The van der Waals surface area contributed by atoms with E-state index in [4.69, 9.17) is 4.74 Å². The second kappa shape index (κ2) is 10.2. The number of pyridine rings is 1. The smallest absolute Gasteiger partial charge is 0.253 e. The van der Waals surface area contributed by atoms with Gasteiger partial charge in [0.2, 0.25) is 0 Å². The molecule has 1 saturated heterocycles. The Hall–Kier alpha value is -2.88. The van der Waals surface area contributed by atoms with Crippen LogP contribution in [-0.4, -0.2) is 49.3 Å². The number of aromatic nitrogens is 5. The fourth-order valence-corrected chi connectivity index (χ4v) is 5.63. The Labute approximate surface area is 215 Å². The molecule has 9 heteroatoms. The average Bonchev–Trinajstić information content (AvgIpc) is 3.63. The zero-order valence-electron chi connectivity index (χ0n) is 21.4. The second-order valence-corrected chi connectivity index (χ2v) is 11.3. The molecule has 1 fully saturated rings. The lowest BCUT2D eigenvalue weighted by molar-refractivity contribution is 0.0566. The number of aryl methyl sites for hydroxylation is 1. The minimum absolute atomic E-state index is 0.109. The number of fused-ring (bicyclic) bond motifs is 1. The average molecular weight is 507 g/mol. The van der Waals surface area contributed by atoms with Gasteiger partial charge in [0, 0.05) is 35.7 Å². The highest BCUT2D eigenvalue weighted by Crippen LogP contribution is 2.33. The molecule has 3 aromatic heterocycles. The number of nitrogens with one attached hydrogen (secondary N) is 1. The quantitative estimate of drug-likeness (QED) is 0.351. The van der Waals surface area contributed by atoms with E-state index in [9.17, 15) is 4.79 Å². The molecule has 4 heterocycles. The van der Waals surface area contributed by atoms with Gasteiger partial charge in [0.05, 0.1) is 11.6 Å². The van der Waals surface area contributed by atoms with Gasteiger partial charge in [-0.2, -0.15) is 0 Å². The second-order valence-electron chi connectivity index (χ2n) is 10.3. The summed E-state index contributed by atoms with van der Waals surface area (Å²) < 4.78 is 7.96. The first-order valence-corrected chi connectivity index (χ1v) is 13.5.